The van der Waals surface area contributed by atoms with Crippen LogP contribution in [0.3, 0.4) is 0 Å². The van der Waals surface area contributed by atoms with Gasteiger partial charge in [-0.3, -0.25) is 0 Å². The molecule has 0 aliphatic rings. The van der Waals surface area contributed by atoms with Crippen molar-refractivity contribution in [3.8, 4) is 0 Å². The molecule has 0 aliphatic carbocycles. The number of benzene rings is 3. The fourth-order valence-corrected chi connectivity index (χ4v) is 3.15. The van der Waals surface area contributed by atoms with Crippen LogP contribution in [0.25, 0.3) is 0 Å². The third-order valence-electron chi connectivity index (χ3n) is 3.18. The summed E-state index contributed by atoms with van der Waals surface area (Å²) in [7, 11) is 0. The summed E-state index contributed by atoms with van der Waals surface area (Å²) in [5, 5.41) is 0. The van der Waals surface area contributed by atoms with Crippen LogP contribution >= 0.6 is 11.8 Å². The highest BCUT2D eigenvalue weighted by Gasteiger charge is 2.04. The Morgan fingerprint density at radius 1 is 0.600 bits per heavy atom. The van der Waals surface area contributed by atoms with E-state index in [-0.39, 0.29) is 0 Å². The van der Waals surface area contributed by atoms with E-state index >= 15 is 0 Å². The van der Waals surface area contributed by atoms with E-state index in [0.717, 1.165) is 6.42 Å². The van der Waals surface area contributed by atoms with Crippen LogP contribution in [0.1, 0.15) is 11.1 Å². The van der Waals surface area contributed by atoms with Crippen LogP contribution in [0.4, 0.5) is 0 Å². The van der Waals surface area contributed by atoms with Gasteiger partial charge >= 0.3 is 0 Å². The van der Waals surface area contributed by atoms with Gasteiger partial charge in [-0.15, -0.1) is 0 Å². The molecular formula is C19H16S. The minimum atomic E-state index is 0.983. The molecule has 0 unspecified atom stereocenters. The molecule has 0 radical (unpaired) electrons. The van der Waals surface area contributed by atoms with Crippen molar-refractivity contribution in [2.24, 2.45) is 0 Å². The fraction of sp³-hybridized carbons (Fsp3) is 0.0526. The van der Waals surface area contributed by atoms with Crippen LogP contribution in [0.2, 0.25) is 0 Å². The highest BCUT2D eigenvalue weighted by molar-refractivity contribution is 7.99. The van der Waals surface area contributed by atoms with Gasteiger partial charge < -0.3 is 0 Å². The molecule has 0 N–H and O–H groups in total. The predicted molar refractivity (Wildman–Crippen MR) is 86.3 cm³/mol. The zero-order chi connectivity index (χ0) is 13.6. The summed E-state index contributed by atoms with van der Waals surface area (Å²) in [5.41, 5.74) is 2.74. The number of hydrogen-bond acceptors (Lipinski definition) is 1. The number of rotatable bonds is 4. The second-order valence-corrected chi connectivity index (χ2v) is 5.80. The molecule has 0 aliphatic heterocycles. The third kappa shape index (κ3) is 3.31. The first-order valence-electron chi connectivity index (χ1n) is 6.76. The van der Waals surface area contributed by atoms with Crippen molar-refractivity contribution in [3.63, 3.8) is 0 Å². The van der Waals surface area contributed by atoms with Gasteiger partial charge in [-0.25, -0.2) is 0 Å². The van der Waals surface area contributed by atoms with Gasteiger partial charge in [0.25, 0.3) is 0 Å². The molecule has 3 aromatic carbocycles. The molecule has 98 valence electrons. The smallest absolute Gasteiger partial charge is 0.0157 e. The molecule has 3 rings (SSSR count). The first kappa shape index (κ1) is 13.0. The summed E-state index contributed by atoms with van der Waals surface area (Å²) in [6, 6.07) is 29.8. The van der Waals surface area contributed by atoms with Crippen LogP contribution in [0, 0.1) is 0 Å². The van der Waals surface area contributed by atoms with E-state index in [1.165, 1.54) is 20.9 Å². The molecular weight excluding hydrogens is 260 g/mol. The quantitative estimate of drug-likeness (QED) is 0.612. The zero-order valence-electron chi connectivity index (χ0n) is 11.2. The lowest BCUT2D eigenvalue weighted by molar-refractivity contribution is 1.13. The van der Waals surface area contributed by atoms with Gasteiger partial charge in [0.15, 0.2) is 0 Å². The van der Waals surface area contributed by atoms with Gasteiger partial charge in [-0.1, -0.05) is 78.5 Å². The molecule has 3 aromatic rings. The summed E-state index contributed by atoms with van der Waals surface area (Å²) in [5.74, 6) is 0. The average Bonchev–Trinajstić information content (AvgIpc) is 2.51. The zero-order valence-corrected chi connectivity index (χ0v) is 12.0. The molecule has 0 fully saturated rings. The Morgan fingerprint density at radius 2 is 1.20 bits per heavy atom. The van der Waals surface area contributed by atoms with Crippen molar-refractivity contribution >= 4 is 11.8 Å². The second-order valence-electron chi connectivity index (χ2n) is 4.69. The largest absolute Gasteiger partial charge is 0.0898 e. The Labute approximate surface area is 124 Å². The first-order valence-corrected chi connectivity index (χ1v) is 7.58. The highest BCUT2D eigenvalue weighted by Crippen LogP contribution is 2.31. The van der Waals surface area contributed by atoms with Crippen LogP contribution < -0.4 is 0 Å². The summed E-state index contributed by atoms with van der Waals surface area (Å²) < 4.78 is 0. The number of hydrogen-bond donors (Lipinski definition) is 0. The summed E-state index contributed by atoms with van der Waals surface area (Å²) in [4.78, 5) is 2.62. The third-order valence-corrected chi connectivity index (χ3v) is 4.31. The van der Waals surface area contributed by atoms with Crippen LogP contribution in [0.5, 0.6) is 0 Å². The molecule has 0 saturated carbocycles. The lowest BCUT2D eigenvalue weighted by Crippen LogP contribution is -1.90. The summed E-state index contributed by atoms with van der Waals surface area (Å²) >= 11 is 1.83. The second kappa shape index (κ2) is 6.44. The fourth-order valence-electron chi connectivity index (χ4n) is 2.18. The van der Waals surface area contributed by atoms with Gasteiger partial charge in [-0.05, 0) is 35.7 Å². The van der Waals surface area contributed by atoms with E-state index < -0.39 is 0 Å². The Kier molecular flexibility index (Phi) is 4.19. The van der Waals surface area contributed by atoms with E-state index in [9.17, 15) is 0 Å². The molecule has 0 heterocycles. The highest BCUT2D eigenvalue weighted by atomic mass is 32.2. The molecule has 0 saturated heterocycles. The molecule has 0 atom stereocenters. The lowest BCUT2D eigenvalue weighted by Gasteiger charge is -2.09. The van der Waals surface area contributed by atoms with E-state index in [2.05, 4.69) is 84.9 Å². The predicted octanol–water partition coefficient (Wildman–Crippen LogP) is 5.43. The van der Waals surface area contributed by atoms with E-state index in [0.29, 0.717) is 0 Å². The van der Waals surface area contributed by atoms with Gasteiger partial charge in [-0.2, -0.15) is 0 Å². The molecule has 20 heavy (non-hydrogen) atoms. The van der Waals surface area contributed by atoms with Crippen molar-refractivity contribution in [2.75, 3.05) is 0 Å². The molecule has 0 spiro atoms. The first-order chi connectivity index (χ1) is 9.92. The topological polar surface area (TPSA) is 0 Å². The Morgan fingerprint density at radius 3 is 1.95 bits per heavy atom. The molecule has 0 bridgehead atoms. The lowest BCUT2D eigenvalue weighted by atomic mass is 10.1. The van der Waals surface area contributed by atoms with Gasteiger partial charge in [0.05, 0.1) is 0 Å². The van der Waals surface area contributed by atoms with Crippen molar-refractivity contribution in [1.82, 2.24) is 0 Å². The maximum Gasteiger partial charge on any atom is 0.0157 e. The van der Waals surface area contributed by atoms with E-state index in [1.54, 1.807) is 0 Å². The summed E-state index contributed by atoms with van der Waals surface area (Å²) in [6.07, 6.45) is 0.983. The van der Waals surface area contributed by atoms with Crippen LogP contribution in [-0.2, 0) is 6.42 Å². The van der Waals surface area contributed by atoms with E-state index in [1.807, 2.05) is 11.8 Å². The van der Waals surface area contributed by atoms with Gasteiger partial charge in [0, 0.05) is 9.79 Å². The maximum atomic E-state index is 2.22. The SMILES string of the molecule is c1ccc(Cc2ccccc2Sc2ccccc2)cc1. The van der Waals surface area contributed by atoms with E-state index in [4.69, 9.17) is 0 Å². The summed E-state index contributed by atoms with van der Waals surface area (Å²) in [6.45, 7) is 0. The van der Waals surface area contributed by atoms with Gasteiger partial charge in [0.1, 0.15) is 0 Å². The Balaban J connectivity index is 1.85. The standard InChI is InChI=1S/C19H16S/c1-3-9-16(10-4-1)15-17-11-7-8-14-19(17)20-18-12-5-2-6-13-18/h1-14H,15H2. The van der Waals surface area contributed by atoms with Crippen molar-refractivity contribution in [1.29, 1.82) is 0 Å². The molecule has 1 heteroatoms. The minimum absolute atomic E-state index is 0.983. The maximum absolute atomic E-state index is 2.22. The average molecular weight is 276 g/mol. The van der Waals surface area contributed by atoms with Crippen LogP contribution in [0.15, 0.2) is 94.7 Å². The normalized spacial score (nSPS) is 10.4. The molecule has 0 amide bonds. The van der Waals surface area contributed by atoms with Crippen molar-refractivity contribution in [2.45, 2.75) is 16.2 Å². The minimum Gasteiger partial charge on any atom is -0.0898 e. The Bertz CT molecular complexity index is 599. The van der Waals surface area contributed by atoms with Gasteiger partial charge in [0.2, 0.25) is 0 Å². The van der Waals surface area contributed by atoms with Crippen molar-refractivity contribution in [3.05, 3.63) is 96.1 Å². The monoisotopic (exact) mass is 276 g/mol. The van der Waals surface area contributed by atoms with Crippen molar-refractivity contribution < 1.29 is 0 Å². The molecule has 0 nitrogen and oxygen atoms in total. The van der Waals surface area contributed by atoms with Crippen LogP contribution in [-0.4, -0.2) is 0 Å². The molecule has 0 aromatic heterocycles. The Hall–Kier alpha value is -1.99.